The van der Waals surface area contributed by atoms with Gasteiger partial charge in [-0.2, -0.15) is 0 Å². The molecule has 4 aromatic carbocycles. The lowest BCUT2D eigenvalue weighted by molar-refractivity contribution is -0.140. The highest BCUT2D eigenvalue weighted by molar-refractivity contribution is 9.10. The maximum atomic E-state index is 14.5. The number of sulfonamides is 1. The number of para-hydroxylation sites is 1. The summed E-state index contributed by atoms with van der Waals surface area (Å²) in [6.45, 7) is 7.15. The number of halogens is 1. The summed E-state index contributed by atoms with van der Waals surface area (Å²) >= 11 is 3.46. The van der Waals surface area contributed by atoms with Gasteiger partial charge in [-0.15, -0.1) is 0 Å². The highest BCUT2D eigenvalue weighted by Crippen LogP contribution is 2.25. The van der Waals surface area contributed by atoms with Crippen LogP contribution in [0.2, 0.25) is 0 Å². The Morgan fingerprint density at radius 1 is 0.795 bits per heavy atom. The molecule has 1 atom stereocenters. The minimum atomic E-state index is -4.13. The van der Waals surface area contributed by atoms with Gasteiger partial charge in [-0.1, -0.05) is 94.3 Å². The predicted octanol–water partition coefficient (Wildman–Crippen LogP) is 6.51. The highest BCUT2D eigenvalue weighted by Gasteiger charge is 2.35. The monoisotopic (exact) mass is 675 g/mol. The molecule has 0 spiro atoms. The molecule has 0 saturated carbocycles. The summed E-state index contributed by atoms with van der Waals surface area (Å²) in [5, 5.41) is 3.04. The molecular formula is C35H38BrN3O4S. The largest absolute Gasteiger partial charge is 0.350 e. The van der Waals surface area contributed by atoms with Gasteiger partial charge in [0.15, 0.2) is 0 Å². The van der Waals surface area contributed by atoms with Crippen molar-refractivity contribution in [1.29, 1.82) is 0 Å². The first-order valence-corrected chi connectivity index (χ1v) is 16.6. The SMILES string of the molecule is Cc1ccc(S(=O)(=O)N(CC(=O)N(Cc2ccc(Br)cc2)[C@@H](Cc2ccccc2)C(=O)NC(C)(C)C)c2ccccc2)cc1. The molecule has 0 aliphatic rings. The Morgan fingerprint density at radius 3 is 1.93 bits per heavy atom. The summed E-state index contributed by atoms with van der Waals surface area (Å²) in [7, 11) is -4.13. The summed E-state index contributed by atoms with van der Waals surface area (Å²) < 4.78 is 30.1. The number of carbonyl (C=O) groups is 2. The van der Waals surface area contributed by atoms with Crippen LogP contribution in [0.1, 0.15) is 37.5 Å². The molecule has 44 heavy (non-hydrogen) atoms. The van der Waals surface area contributed by atoms with Crippen LogP contribution in [0.4, 0.5) is 5.69 Å². The number of anilines is 1. The van der Waals surface area contributed by atoms with Crippen LogP contribution in [0.5, 0.6) is 0 Å². The van der Waals surface area contributed by atoms with Gasteiger partial charge in [-0.05, 0) is 75.2 Å². The lowest BCUT2D eigenvalue weighted by Gasteiger charge is -2.35. The third kappa shape index (κ3) is 8.80. The Labute approximate surface area is 269 Å². The second-order valence-corrected chi connectivity index (χ2v) is 14.5. The molecule has 0 bridgehead atoms. The minimum absolute atomic E-state index is 0.0746. The molecule has 9 heteroatoms. The van der Waals surface area contributed by atoms with Crippen molar-refractivity contribution in [3.63, 3.8) is 0 Å². The van der Waals surface area contributed by atoms with Crippen molar-refractivity contribution in [1.82, 2.24) is 10.2 Å². The van der Waals surface area contributed by atoms with Crippen molar-refractivity contribution >= 4 is 43.5 Å². The first-order valence-electron chi connectivity index (χ1n) is 14.4. The second-order valence-electron chi connectivity index (χ2n) is 11.8. The van der Waals surface area contributed by atoms with Gasteiger partial charge < -0.3 is 10.2 Å². The average molecular weight is 677 g/mol. The van der Waals surface area contributed by atoms with Crippen molar-refractivity contribution in [2.45, 2.75) is 57.1 Å². The maximum Gasteiger partial charge on any atom is 0.264 e. The summed E-state index contributed by atoms with van der Waals surface area (Å²) in [5.74, 6) is -0.822. The quantitative estimate of drug-likeness (QED) is 0.196. The van der Waals surface area contributed by atoms with E-state index < -0.39 is 34.1 Å². The van der Waals surface area contributed by atoms with Crippen LogP contribution in [-0.4, -0.2) is 43.3 Å². The van der Waals surface area contributed by atoms with Gasteiger partial charge in [0, 0.05) is 23.0 Å². The molecule has 0 heterocycles. The Hall–Kier alpha value is -3.95. The summed E-state index contributed by atoms with van der Waals surface area (Å²) in [5.41, 5.74) is 2.39. The number of nitrogens with zero attached hydrogens (tertiary/aromatic N) is 2. The molecule has 0 radical (unpaired) electrons. The minimum Gasteiger partial charge on any atom is -0.350 e. The summed E-state index contributed by atoms with van der Waals surface area (Å²) in [6, 6.07) is 31.2. The van der Waals surface area contributed by atoms with Crippen LogP contribution in [0, 0.1) is 6.92 Å². The van der Waals surface area contributed by atoms with Crippen molar-refractivity contribution < 1.29 is 18.0 Å². The van der Waals surface area contributed by atoms with Gasteiger partial charge in [0.2, 0.25) is 11.8 Å². The summed E-state index contributed by atoms with van der Waals surface area (Å²) in [6.07, 6.45) is 0.251. The zero-order valence-corrected chi connectivity index (χ0v) is 27.8. The van der Waals surface area contributed by atoms with Crippen LogP contribution in [0.15, 0.2) is 119 Å². The fraction of sp³-hybridized carbons (Fsp3) is 0.257. The zero-order valence-electron chi connectivity index (χ0n) is 25.4. The van der Waals surface area contributed by atoms with Crippen LogP contribution in [-0.2, 0) is 32.6 Å². The van der Waals surface area contributed by atoms with Gasteiger partial charge in [0.05, 0.1) is 10.6 Å². The number of amides is 2. The van der Waals surface area contributed by atoms with Gasteiger partial charge in [-0.25, -0.2) is 8.42 Å². The first-order chi connectivity index (χ1) is 20.8. The Morgan fingerprint density at radius 2 is 1.36 bits per heavy atom. The predicted molar refractivity (Wildman–Crippen MR) is 179 cm³/mol. The molecule has 4 aromatic rings. The highest BCUT2D eigenvalue weighted by atomic mass is 79.9. The normalized spacial score (nSPS) is 12.3. The van der Waals surface area contributed by atoms with E-state index in [9.17, 15) is 18.0 Å². The van der Waals surface area contributed by atoms with Gasteiger partial charge >= 0.3 is 0 Å². The molecule has 0 aromatic heterocycles. The molecule has 7 nitrogen and oxygen atoms in total. The maximum absolute atomic E-state index is 14.5. The molecule has 0 aliphatic heterocycles. The number of hydrogen-bond acceptors (Lipinski definition) is 4. The third-order valence-electron chi connectivity index (χ3n) is 6.97. The van der Waals surface area contributed by atoms with E-state index in [2.05, 4.69) is 21.2 Å². The van der Waals surface area contributed by atoms with Crippen molar-refractivity contribution in [2.75, 3.05) is 10.8 Å². The topological polar surface area (TPSA) is 86.8 Å². The number of benzene rings is 4. The van der Waals surface area contributed by atoms with Gasteiger partial charge in [0.1, 0.15) is 12.6 Å². The van der Waals surface area contributed by atoms with Crippen LogP contribution in [0.3, 0.4) is 0 Å². The van der Waals surface area contributed by atoms with E-state index in [0.29, 0.717) is 5.69 Å². The fourth-order valence-electron chi connectivity index (χ4n) is 4.75. The zero-order chi connectivity index (χ0) is 31.9. The molecule has 1 N–H and O–H groups in total. The van der Waals surface area contributed by atoms with Gasteiger partial charge in [0.25, 0.3) is 10.0 Å². The molecule has 4 rings (SSSR count). The molecular weight excluding hydrogens is 638 g/mol. The Bertz CT molecular complexity index is 1660. The number of hydrogen-bond donors (Lipinski definition) is 1. The van der Waals surface area contributed by atoms with Crippen molar-refractivity contribution in [2.24, 2.45) is 0 Å². The van der Waals surface area contributed by atoms with E-state index in [1.165, 1.54) is 4.90 Å². The number of carbonyl (C=O) groups excluding carboxylic acids is 2. The summed E-state index contributed by atoms with van der Waals surface area (Å²) in [4.78, 5) is 30.0. The molecule has 230 valence electrons. The molecule has 0 saturated heterocycles. The third-order valence-corrected chi connectivity index (χ3v) is 9.28. The molecule has 2 amide bonds. The Balaban J connectivity index is 1.79. The van der Waals surface area contributed by atoms with E-state index in [1.54, 1.807) is 54.6 Å². The average Bonchev–Trinajstić information content (AvgIpc) is 2.98. The lowest BCUT2D eigenvalue weighted by Crippen LogP contribution is -2.56. The van der Waals surface area contributed by atoms with E-state index in [1.807, 2.05) is 82.3 Å². The van der Waals surface area contributed by atoms with Crippen molar-refractivity contribution in [3.8, 4) is 0 Å². The van der Waals surface area contributed by atoms with Crippen LogP contribution < -0.4 is 9.62 Å². The smallest absolute Gasteiger partial charge is 0.264 e. The van der Waals surface area contributed by atoms with Crippen molar-refractivity contribution in [3.05, 3.63) is 130 Å². The molecule has 0 unspecified atom stereocenters. The standard InChI is InChI=1S/C35H38BrN3O4S/c1-26-15-21-31(22-16-26)44(42,43)39(30-13-9-6-10-14-30)25-33(40)38(24-28-17-19-29(36)20-18-28)32(34(41)37-35(2,3)4)23-27-11-7-5-8-12-27/h5-22,32H,23-25H2,1-4H3,(H,37,41)/t32-/m0/s1. The van der Waals surface area contributed by atoms with Crippen LogP contribution >= 0.6 is 15.9 Å². The number of aryl methyl sites for hydroxylation is 1. The van der Waals surface area contributed by atoms with E-state index in [-0.39, 0.29) is 23.8 Å². The number of rotatable bonds is 11. The van der Waals surface area contributed by atoms with E-state index in [0.717, 1.165) is 25.5 Å². The number of nitrogens with one attached hydrogen (secondary N) is 1. The van der Waals surface area contributed by atoms with Crippen LogP contribution in [0.25, 0.3) is 0 Å². The fourth-order valence-corrected chi connectivity index (χ4v) is 6.43. The van der Waals surface area contributed by atoms with Gasteiger partial charge in [-0.3, -0.25) is 13.9 Å². The first kappa shape index (κ1) is 33.0. The molecule has 0 aliphatic carbocycles. The van der Waals surface area contributed by atoms with E-state index in [4.69, 9.17) is 0 Å². The van der Waals surface area contributed by atoms with E-state index >= 15 is 0 Å². The Kier molecular flexibility index (Phi) is 10.7. The lowest BCUT2D eigenvalue weighted by atomic mass is 10.0. The molecule has 0 fully saturated rings. The second kappa shape index (κ2) is 14.2.